The van der Waals surface area contributed by atoms with Gasteiger partial charge < -0.3 is 4.74 Å². The van der Waals surface area contributed by atoms with E-state index in [2.05, 4.69) is 10.5 Å². The Morgan fingerprint density at radius 2 is 2.00 bits per heavy atom. The number of rotatable bonds is 5. The molecule has 0 heterocycles. The van der Waals surface area contributed by atoms with Gasteiger partial charge in [-0.05, 0) is 35.9 Å². The number of carbonyl (C=O) groups is 1. The second-order valence-electron chi connectivity index (χ2n) is 4.40. The molecule has 0 aliphatic rings. The predicted molar refractivity (Wildman–Crippen MR) is 81.1 cm³/mol. The van der Waals surface area contributed by atoms with Crippen molar-refractivity contribution in [2.24, 2.45) is 5.10 Å². The molecule has 0 aliphatic carbocycles. The average Bonchev–Trinajstić information content (AvgIpc) is 2.55. The molecule has 0 saturated heterocycles. The molecule has 2 aromatic carbocycles. The number of ether oxygens (including phenoxy) is 1. The van der Waals surface area contributed by atoms with Crippen LogP contribution in [0.3, 0.4) is 0 Å². The van der Waals surface area contributed by atoms with Crippen LogP contribution in [0.4, 0.5) is 10.1 Å². The third-order valence-electron chi connectivity index (χ3n) is 2.90. The smallest absolute Gasteiger partial charge is 0.271 e. The molecule has 1 amide bonds. The van der Waals surface area contributed by atoms with E-state index in [1.165, 1.54) is 49.7 Å². The lowest BCUT2D eigenvalue weighted by Crippen LogP contribution is -2.17. The summed E-state index contributed by atoms with van der Waals surface area (Å²) in [7, 11) is 1.36. The average molecular weight is 317 g/mol. The summed E-state index contributed by atoms with van der Waals surface area (Å²) in [4.78, 5) is 21.8. The van der Waals surface area contributed by atoms with Crippen molar-refractivity contribution in [1.82, 2.24) is 5.43 Å². The van der Waals surface area contributed by atoms with E-state index in [1.807, 2.05) is 0 Å². The van der Waals surface area contributed by atoms with Crippen molar-refractivity contribution in [3.63, 3.8) is 0 Å². The molecule has 2 aromatic rings. The van der Waals surface area contributed by atoms with Crippen LogP contribution in [-0.4, -0.2) is 24.2 Å². The largest absolute Gasteiger partial charge is 0.494 e. The van der Waals surface area contributed by atoms with Gasteiger partial charge in [-0.15, -0.1) is 0 Å². The van der Waals surface area contributed by atoms with Crippen LogP contribution in [0.2, 0.25) is 0 Å². The lowest BCUT2D eigenvalue weighted by molar-refractivity contribution is -0.384. The van der Waals surface area contributed by atoms with Gasteiger partial charge in [0.05, 0.1) is 18.2 Å². The number of nitro benzene ring substituents is 1. The van der Waals surface area contributed by atoms with E-state index in [-0.39, 0.29) is 17.0 Å². The lowest BCUT2D eigenvalue weighted by atomic mass is 10.2. The summed E-state index contributed by atoms with van der Waals surface area (Å²) in [6, 6.07) is 9.29. The van der Waals surface area contributed by atoms with Crippen molar-refractivity contribution < 1.29 is 18.8 Å². The summed E-state index contributed by atoms with van der Waals surface area (Å²) in [6.45, 7) is 0. The van der Waals surface area contributed by atoms with Gasteiger partial charge in [-0.3, -0.25) is 14.9 Å². The van der Waals surface area contributed by atoms with E-state index >= 15 is 0 Å². The Balaban J connectivity index is 2.00. The quantitative estimate of drug-likeness (QED) is 0.521. The number of halogens is 1. The minimum absolute atomic E-state index is 0.108. The molecule has 0 unspecified atom stereocenters. The van der Waals surface area contributed by atoms with Crippen molar-refractivity contribution in [3.05, 3.63) is 69.5 Å². The van der Waals surface area contributed by atoms with E-state index in [0.29, 0.717) is 5.56 Å². The first-order valence-electron chi connectivity index (χ1n) is 6.42. The SMILES string of the molecule is COc1ccc(/C=N\NC(=O)c2ccc([N+](=O)[O-])cc2)cc1F. The Labute approximate surface area is 130 Å². The van der Waals surface area contributed by atoms with E-state index in [9.17, 15) is 19.3 Å². The first-order chi connectivity index (χ1) is 11.0. The highest BCUT2D eigenvalue weighted by Crippen LogP contribution is 2.16. The standard InChI is InChI=1S/C15H12FN3O4/c1-23-14-7-2-10(8-13(14)16)9-17-18-15(20)11-3-5-12(6-4-11)19(21)22/h2-9H,1H3,(H,18,20)/b17-9-. The van der Waals surface area contributed by atoms with E-state index in [4.69, 9.17) is 4.74 Å². The van der Waals surface area contributed by atoms with Crippen molar-refractivity contribution >= 4 is 17.8 Å². The molecular weight excluding hydrogens is 305 g/mol. The highest BCUT2D eigenvalue weighted by atomic mass is 19.1. The van der Waals surface area contributed by atoms with Crippen LogP contribution in [0.1, 0.15) is 15.9 Å². The zero-order chi connectivity index (χ0) is 16.8. The molecule has 0 bridgehead atoms. The summed E-state index contributed by atoms with van der Waals surface area (Å²) >= 11 is 0. The van der Waals surface area contributed by atoms with Crippen molar-refractivity contribution in [3.8, 4) is 5.75 Å². The van der Waals surface area contributed by atoms with Crippen LogP contribution in [0.5, 0.6) is 5.75 Å². The molecule has 8 heteroatoms. The fourth-order valence-electron chi connectivity index (χ4n) is 1.73. The monoisotopic (exact) mass is 317 g/mol. The number of amides is 1. The topological polar surface area (TPSA) is 93.8 Å². The maximum Gasteiger partial charge on any atom is 0.271 e. The number of nitrogens with one attached hydrogen (secondary N) is 1. The number of non-ortho nitro benzene ring substituents is 1. The lowest BCUT2D eigenvalue weighted by Gasteiger charge is -2.02. The highest BCUT2D eigenvalue weighted by Gasteiger charge is 2.08. The summed E-state index contributed by atoms with van der Waals surface area (Å²) in [5.41, 5.74) is 2.79. The number of nitrogens with zero attached hydrogens (tertiary/aromatic N) is 2. The molecular formula is C15H12FN3O4. The zero-order valence-electron chi connectivity index (χ0n) is 12.0. The Morgan fingerprint density at radius 3 is 2.57 bits per heavy atom. The van der Waals surface area contributed by atoms with Gasteiger partial charge in [0.2, 0.25) is 0 Å². The van der Waals surface area contributed by atoms with Crippen LogP contribution >= 0.6 is 0 Å². The normalized spacial score (nSPS) is 10.5. The van der Waals surface area contributed by atoms with Gasteiger partial charge in [-0.25, -0.2) is 9.82 Å². The van der Waals surface area contributed by atoms with E-state index in [0.717, 1.165) is 0 Å². The van der Waals surface area contributed by atoms with Gasteiger partial charge in [0.1, 0.15) is 0 Å². The maximum absolute atomic E-state index is 13.5. The molecule has 0 radical (unpaired) electrons. The second kappa shape index (κ2) is 7.12. The molecule has 0 fully saturated rings. The second-order valence-corrected chi connectivity index (χ2v) is 4.40. The zero-order valence-corrected chi connectivity index (χ0v) is 12.0. The van der Waals surface area contributed by atoms with Gasteiger partial charge in [-0.1, -0.05) is 0 Å². The number of hydrogen-bond acceptors (Lipinski definition) is 5. The number of hydrazone groups is 1. The molecule has 1 N–H and O–H groups in total. The first kappa shape index (κ1) is 16.1. The molecule has 2 rings (SSSR count). The fourth-order valence-corrected chi connectivity index (χ4v) is 1.73. The molecule has 0 aromatic heterocycles. The summed E-state index contributed by atoms with van der Waals surface area (Å²) < 4.78 is 18.3. The van der Waals surface area contributed by atoms with Crippen LogP contribution in [-0.2, 0) is 0 Å². The fraction of sp³-hybridized carbons (Fsp3) is 0.0667. The number of methoxy groups -OCH3 is 1. The minimum atomic E-state index is -0.557. The van der Waals surface area contributed by atoms with Gasteiger partial charge in [0.15, 0.2) is 11.6 Å². The number of benzene rings is 2. The van der Waals surface area contributed by atoms with Crippen LogP contribution in [0.25, 0.3) is 0 Å². The number of hydrogen-bond donors (Lipinski definition) is 1. The third kappa shape index (κ3) is 4.10. The first-order valence-corrected chi connectivity index (χ1v) is 6.42. The highest BCUT2D eigenvalue weighted by molar-refractivity contribution is 5.95. The van der Waals surface area contributed by atoms with E-state index in [1.54, 1.807) is 6.07 Å². The van der Waals surface area contributed by atoms with Gasteiger partial charge in [0, 0.05) is 17.7 Å². The summed E-state index contributed by atoms with van der Waals surface area (Å²) in [5, 5.41) is 14.2. The molecule has 0 spiro atoms. The molecule has 0 aliphatic heterocycles. The van der Waals surface area contributed by atoms with Crippen molar-refractivity contribution in [1.29, 1.82) is 0 Å². The Kier molecular flexibility index (Phi) is 4.98. The third-order valence-corrected chi connectivity index (χ3v) is 2.90. The van der Waals surface area contributed by atoms with Gasteiger partial charge in [0.25, 0.3) is 11.6 Å². The van der Waals surface area contributed by atoms with E-state index < -0.39 is 16.6 Å². The Morgan fingerprint density at radius 1 is 1.30 bits per heavy atom. The molecule has 7 nitrogen and oxygen atoms in total. The molecule has 118 valence electrons. The van der Waals surface area contributed by atoms with Crippen molar-refractivity contribution in [2.45, 2.75) is 0 Å². The predicted octanol–water partition coefficient (Wildman–Crippen LogP) is 2.51. The molecule has 0 atom stereocenters. The Bertz CT molecular complexity index is 760. The van der Waals surface area contributed by atoms with Crippen molar-refractivity contribution in [2.75, 3.05) is 7.11 Å². The van der Waals surface area contributed by atoms with Crippen LogP contribution < -0.4 is 10.2 Å². The minimum Gasteiger partial charge on any atom is -0.494 e. The summed E-state index contributed by atoms with van der Waals surface area (Å²) in [6.07, 6.45) is 1.27. The van der Waals surface area contributed by atoms with Gasteiger partial charge in [-0.2, -0.15) is 5.10 Å². The van der Waals surface area contributed by atoms with Gasteiger partial charge >= 0.3 is 0 Å². The molecule has 0 saturated carbocycles. The van der Waals surface area contributed by atoms with Crippen LogP contribution in [0, 0.1) is 15.9 Å². The summed E-state index contributed by atoms with van der Waals surface area (Å²) in [5.74, 6) is -0.972. The maximum atomic E-state index is 13.5. The molecule has 23 heavy (non-hydrogen) atoms. The number of nitro groups is 1. The number of carbonyl (C=O) groups excluding carboxylic acids is 1. The Hall–Kier alpha value is -3.29. The van der Waals surface area contributed by atoms with Crippen LogP contribution in [0.15, 0.2) is 47.6 Å².